The Kier molecular flexibility index (Phi) is 4.15. The largest absolute Gasteiger partial charge is 0.501 e. The fourth-order valence-electron chi connectivity index (χ4n) is 1.93. The lowest BCUT2D eigenvalue weighted by Crippen LogP contribution is -2.31. The van der Waals surface area contributed by atoms with Crippen LogP contribution in [-0.2, 0) is 4.74 Å². The third-order valence-corrected chi connectivity index (χ3v) is 3.27. The summed E-state index contributed by atoms with van der Waals surface area (Å²) < 4.78 is 19.8. The first-order valence-corrected chi connectivity index (χ1v) is 6.23. The standard InChI is InChI=1S/C12H14BrFN2O/c13-9-3-4-10(11(14)6-9)12(16-15)8-2-1-5-17-7-8/h3-4,6-7,12,16H,1-2,5,15H2. The Morgan fingerprint density at radius 2 is 2.29 bits per heavy atom. The van der Waals surface area contributed by atoms with Crippen molar-refractivity contribution < 1.29 is 9.13 Å². The summed E-state index contributed by atoms with van der Waals surface area (Å²) in [6.07, 6.45) is 3.47. The van der Waals surface area contributed by atoms with Crippen LogP contribution < -0.4 is 11.3 Å². The highest BCUT2D eigenvalue weighted by atomic mass is 79.9. The zero-order valence-electron chi connectivity index (χ0n) is 9.25. The molecule has 0 spiro atoms. The summed E-state index contributed by atoms with van der Waals surface area (Å²) in [5, 5.41) is 0. The molecule has 1 aromatic carbocycles. The van der Waals surface area contributed by atoms with Crippen LogP contribution in [0, 0.1) is 5.82 Å². The summed E-state index contributed by atoms with van der Waals surface area (Å²) in [5.41, 5.74) is 4.15. The van der Waals surface area contributed by atoms with E-state index in [1.165, 1.54) is 6.07 Å². The number of hydrazine groups is 1. The summed E-state index contributed by atoms with van der Waals surface area (Å²) in [7, 11) is 0. The maximum atomic E-state index is 13.8. The van der Waals surface area contributed by atoms with E-state index in [1.807, 2.05) is 0 Å². The van der Waals surface area contributed by atoms with Crippen molar-refractivity contribution in [3.05, 3.63) is 45.9 Å². The normalized spacial score (nSPS) is 17.2. The molecule has 0 amide bonds. The molecule has 1 aromatic rings. The van der Waals surface area contributed by atoms with Gasteiger partial charge in [-0.1, -0.05) is 22.0 Å². The van der Waals surface area contributed by atoms with Crippen LogP contribution in [0.3, 0.4) is 0 Å². The van der Waals surface area contributed by atoms with Crippen LogP contribution in [0.4, 0.5) is 4.39 Å². The predicted molar refractivity (Wildman–Crippen MR) is 67.4 cm³/mol. The topological polar surface area (TPSA) is 47.3 Å². The van der Waals surface area contributed by atoms with Crippen LogP contribution >= 0.6 is 15.9 Å². The van der Waals surface area contributed by atoms with Crippen molar-refractivity contribution in [1.29, 1.82) is 0 Å². The van der Waals surface area contributed by atoms with Crippen molar-refractivity contribution in [2.75, 3.05) is 6.61 Å². The second kappa shape index (κ2) is 5.62. The van der Waals surface area contributed by atoms with E-state index in [0.29, 0.717) is 16.6 Å². The van der Waals surface area contributed by atoms with Crippen molar-refractivity contribution in [2.24, 2.45) is 5.84 Å². The Balaban J connectivity index is 2.31. The zero-order valence-corrected chi connectivity index (χ0v) is 10.8. The molecule has 5 heteroatoms. The molecule has 0 radical (unpaired) electrons. The van der Waals surface area contributed by atoms with Crippen molar-refractivity contribution in [2.45, 2.75) is 18.9 Å². The SMILES string of the molecule is NNC(C1=COCCC1)c1ccc(Br)cc1F. The highest BCUT2D eigenvalue weighted by molar-refractivity contribution is 9.10. The molecule has 0 saturated heterocycles. The summed E-state index contributed by atoms with van der Waals surface area (Å²) >= 11 is 3.23. The van der Waals surface area contributed by atoms with Crippen LogP contribution in [0.2, 0.25) is 0 Å². The van der Waals surface area contributed by atoms with Crippen molar-refractivity contribution in [3.8, 4) is 0 Å². The van der Waals surface area contributed by atoms with Crippen LogP contribution in [0.25, 0.3) is 0 Å². The number of nitrogens with one attached hydrogen (secondary N) is 1. The van der Waals surface area contributed by atoms with Crippen molar-refractivity contribution in [1.82, 2.24) is 5.43 Å². The average molecular weight is 301 g/mol. The number of halogens is 2. The van der Waals surface area contributed by atoms with E-state index in [2.05, 4.69) is 21.4 Å². The molecule has 17 heavy (non-hydrogen) atoms. The lowest BCUT2D eigenvalue weighted by Gasteiger charge is -2.23. The lowest BCUT2D eigenvalue weighted by atomic mass is 9.95. The number of hydrogen-bond acceptors (Lipinski definition) is 3. The number of nitrogens with two attached hydrogens (primary N) is 1. The van der Waals surface area contributed by atoms with E-state index in [-0.39, 0.29) is 11.9 Å². The maximum absolute atomic E-state index is 13.8. The number of benzene rings is 1. The van der Waals surface area contributed by atoms with Gasteiger partial charge in [-0.25, -0.2) is 9.82 Å². The van der Waals surface area contributed by atoms with Gasteiger partial charge in [-0.3, -0.25) is 5.84 Å². The minimum atomic E-state index is -0.330. The molecule has 1 aliphatic rings. The number of ether oxygens (including phenoxy) is 1. The Bertz CT molecular complexity index is 437. The lowest BCUT2D eigenvalue weighted by molar-refractivity contribution is 0.219. The predicted octanol–water partition coefficient (Wildman–Crippen LogP) is 2.79. The first kappa shape index (κ1) is 12.5. The molecule has 2 rings (SSSR count). The van der Waals surface area contributed by atoms with Gasteiger partial charge in [0.2, 0.25) is 0 Å². The van der Waals surface area contributed by atoms with E-state index >= 15 is 0 Å². The van der Waals surface area contributed by atoms with E-state index in [4.69, 9.17) is 10.6 Å². The molecule has 0 aromatic heterocycles. The van der Waals surface area contributed by atoms with E-state index in [9.17, 15) is 4.39 Å². The molecule has 0 saturated carbocycles. The molecule has 1 unspecified atom stereocenters. The van der Waals surface area contributed by atoms with Crippen molar-refractivity contribution >= 4 is 15.9 Å². The molecular weight excluding hydrogens is 287 g/mol. The minimum Gasteiger partial charge on any atom is -0.501 e. The second-order valence-electron chi connectivity index (χ2n) is 3.93. The Morgan fingerprint density at radius 1 is 1.47 bits per heavy atom. The van der Waals surface area contributed by atoms with E-state index < -0.39 is 0 Å². The van der Waals surface area contributed by atoms with Gasteiger partial charge in [0.1, 0.15) is 5.82 Å². The molecule has 3 nitrogen and oxygen atoms in total. The minimum absolute atomic E-state index is 0.284. The molecule has 1 aliphatic heterocycles. The second-order valence-corrected chi connectivity index (χ2v) is 4.85. The molecule has 1 atom stereocenters. The fourth-order valence-corrected chi connectivity index (χ4v) is 2.26. The summed E-state index contributed by atoms with van der Waals surface area (Å²) in [4.78, 5) is 0. The fraction of sp³-hybridized carbons (Fsp3) is 0.333. The van der Waals surface area contributed by atoms with Gasteiger partial charge >= 0.3 is 0 Å². The first-order valence-electron chi connectivity index (χ1n) is 5.44. The van der Waals surface area contributed by atoms with Gasteiger partial charge in [0, 0.05) is 10.0 Å². The first-order chi connectivity index (χ1) is 8.22. The van der Waals surface area contributed by atoms with Gasteiger partial charge < -0.3 is 4.74 Å². The summed E-state index contributed by atoms with van der Waals surface area (Å²) in [6, 6.07) is 4.62. The molecule has 3 N–H and O–H groups in total. The molecule has 1 heterocycles. The Hall–Kier alpha value is -0.910. The third-order valence-electron chi connectivity index (χ3n) is 2.77. The van der Waals surface area contributed by atoms with E-state index in [1.54, 1.807) is 18.4 Å². The Labute approximate surface area is 108 Å². The average Bonchev–Trinajstić information content (AvgIpc) is 2.34. The summed E-state index contributed by atoms with van der Waals surface area (Å²) in [6.45, 7) is 0.712. The Morgan fingerprint density at radius 3 is 2.88 bits per heavy atom. The van der Waals surface area contributed by atoms with Crippen LogP contribution in [0.15, 0.2) is 34.5 Å². The highest BCUT2D eigenvalue weighted by Crippen LogP contribution is 2.29. The molecule has 0 bridgehead atoms. The zero-order chi connectivity index (χ0) is 12.3. The molecule has 0 fully saturated rings. The van der Waals surface area contributed by atoms with Gasteiger partial charge in [-0.05, 0) is 30.5 Å². The van der Waals surface area contributed by atoms with Gasteiger partial charge in [-0.2, -0.15) is 0 Å². The smallest absolute Gasteiger partial charge is 0.129 e. The van der Waals surface area contributed by atoms with Gasteiger partial charge in [0.15, 0.2) is 0 Å². The van der Waals surface area contributed by atoms with Crippen LogP contribution in [0.5, 0.6) is 0 Å². The number of hydrogen-bond donors (Lipinski definition) is 2. The quantitative estimate of drug-likeness (QED) is 0.666. The van der Waals surface area contributed by atoms with Gasteiger partial charge in [0.05, 0.1) is 18.9 Å². The third kappa shape index (κ3) is 2.86. The van der Waals surface area contributed by atoms with Crippen LogP contribution in [-0.4, -0.2) is 6.61 Å². The highest BCUT2D eigenvalue weighted by Gasteiger charge is 2.20. The van der Waals surface area contributed by atoms with Gasteiger partial charge in [0.25, 0.3) is 0 Å². The van der Waals surface area contributed by atoms with Crippen LogP contribution in [0.1, 0.15) is 24.4 Å². The van der Waals surface area contributed by atoms with E-state index in [0.717, 1.165) is 18.4 Å². The van der Waals surface area contributed by atoms with Crippen molar-refractivity contribution in [3.63, 3.8) is 0 Å². The number of rotatable bonds is 3. The molecular formula is C12H14BrFN2O. The molecule has 0 aliphatic carbocycles. The monoisotopic (exact) mass is 300 g/mol. The molecule has 92 valence electrons. The van der Waals surface area contributed by atoms with Gasteiger partial charge in [-0.15, -0.1) is 0 Å². The maximum Gasteiger partial charge on any atom is 0.129 e. The summed E-state index contributed by atoms with van der Waals surface area (Å²) in [5.74, 6) is 5.23.